The molecule has 0 aliphatic heterocycles. The third kappa shape index (κ3) is 9.04. The molecule has 0 spiro atoms. The van der Waals surface area contributed by atoms with E-state index in [0.717, 1.165) is 6.92 Å². The van der Waals surface area contributed by atoms with Gasteiger partial charge in [0.25, 0.3) is 5.97 Å². The van der Waals surface area contributed by atoms with E-state index in [-0.39, 0.29) is 29.5 Å². The van der Waals surface area contributed by atoms with Crippen LogP contribution in [0, 0.1) is 11.3 Å². The number of para-hydroxylation sites is 1. The molecule has 0 amide bonds. The summed E-state index contributed by atoms with van der Waals surface area (Å²) in [5.41, 5.74) is 6.09. The fourth-order valence-electron chi connectivity index (χ4n) is 1.77. The molecule has 148 valence electrons. The quantitative estimate of drug-likeness (QED) is 0.535. The SMILES string of the molecule is CC(=O)O.N#Cc1cccc(NC(N)=NCc2ccccc2OC(F)(F)F)n1. The number of carboxylic acids is 1. The van der Waals surface area contributed by atoms with E-state index < -0.39 is 12.3 Å². The maximum Gasteiger partial charge on any atom is 0.573 e. The molecule has 0 aliphatic carbocycles. The van der Waals surface area contributed by atoms with Gasteiger partial charge in [-0.1, -0.05) is 24.3 Å². The number of pyridine rings is 1. The highest BCUT2D eigenvalue weighted by Gasteiger charge is 2.31. The lowest BCUT2D eigenvalue weighted by molar-refractivity contribution is -0.274. The summed E-state index contributed by atoms with van der Waals surface area (Å²) in [4.78, 5) is 16.9. The zero-order valence-electron chi connectivity index (χ0n) is 14.6. The summed E-state index contributed by atoms with van der Waals surface area (Å²) in [6.07, 6.45) is -4.79. The molecular formula is C17H16F3N5O3. The van der Waals surface area contributed by atoms with Crippen LogP contribution in [0.2, 0.25) is 0 Å². The van der Waals surface area contributed by atoms with Gasteiger partial charge in [0.2, 0.25) is 0 Å². The van der Waals surface area contributed by atoms with Crippen molar-refractivity contribution in [3.63, 3.8) is 0 Å². The molecule has 0 saturated carbocycles. The zero-order valence-corrected chi connectivity index (χ0v) is 14.6. The monoisotopic (exact) mass is 395 g/mol. The van der Waals surface area contributed by atoms with Gasteiger partial charge in [0.05, 0.1) is 6.54 Å². The predicted molar refractivity (Wildman–Crippen MR) is 94.3 cm³/mol. The molecule has 0 aliphatic rings. The Balaban J connectivity index is 0.000000892. The number of nitrogens with two attached hydrogens (primary N) is 1. The number of nitrogens with one attached hydrogen (secondary N) is 1. The summed E-state index contributed by atoms with van der Waals surface area (Å²) in [5.74, 6) is -0.930. The summed E-state index contributed by atoms with van der Waals surface area (Å²) >= 11 is 0. The van der Waals surface area contributed by atoms with Crippen LogP contribution in [0.15, 0.2) is 47.5 Å². The molecule has 0 radical (unpaired) electrons. The number of halogens is 3. The first-order valence-electron chi connectivity index (χ1n) is 7.58. The fraction of sp³-hybridized carbons (Fsp3) is 0.176. The topological polar surface area (TPSA) is 134 Å². The zero-order chi connectivity index (χ0) is 21.2. The summed E-state index contributed by atoms with van der Waals surface area (Å²) in [5, 5.41) is 18.8. The van der Waals surface area contributed by atoms with E-state index in [4.69, 9.17) is 20.9 Å². The second kappa shape index (κ2) is 10.4. The fourth-order valence-corrected chi connectivity index (χ4v) is 1.77. The van der Waals surface area contributed by atoms with E-state index in [1.165, 1.54) is 24.3 Å². The lowest BCUT2D eigenvalue weighted by atomic mass is 10.2. The third-order valence-electron chi connectivity index (χ3n) is 2.74. The Morgan fingerprint density at radius 3 is 2.57 bits per heavy atom. The van der Waals surface area contributed by atoms with E-state index in [1.54, 1.807) is 18.2 Å². The number of aliphatic imine (C=N–C) groups is 1. The van der Waals surface area contributed by atoms with E-state index in [9.17, 15) is 13.2 Å². The average molecular weight is 395 g/mol. The van der Waals surface area contributed by atoms with Gasteiger partial charge in [-0.25, -0.2) is 9.98 Å². The molecule has 0 atom stereocenters. The van der Waals surface area contributed by atoms with Crippen molar-refractivity contribution in [2.24, 2.45) is 10.7 Å². The van der Waals surface area contributed by atoms with Gasteiger partial charge >= 0.3 is 6.36 Å². The number of benzene rings is 1. The number of hydrogen-bond donors (Lipinski definition) is 3. The maximum absolute atomic E-state index is 12.3. The number of carboxylic acid groups (broad SMARTS) is 1. The van der Waals surface area contributed by atoms with E-state index >= 15 is 0 Å². The van der Waals surface area contributed by atoms with Gasteiger partial charge in [0, 0.05) is 12.5 Å². The Morgan fingerprint density at radius 2 is 1.96 bits per heavy atom. The first kappa shape index (κ1) is 22.2. The van der Waals surface area contributed by atoms with Crippen LogP contribution in [0.4, 0.5) is 19.0 Å². The number of carbonyl (C=O) groups is 1. The lowest BCUT2D eigenvalue weighted by Gasteiger charge is -2.12. The average Bonchev–Trinajstić information content (AvgIpc) is 2.59. The number of aliphatic carboxylic acids is 1. The van der Waals surface area contributed by atoms with Crippen molar-refractivity contribution >= 4 is 17.7 Å². The van der Waals surface area contributed by atoms with Gasteiger partial charge in [0.1, 0.15) is 23.3 Å². The van der Waals surface area contributed by atoms with Crippen molar-refractivity contribution in [2.75, 3.05) is 5.32 Å². The Bertz CT molecular complexity index is 875. The Hall–Kier alpha value is -3.81. The van der Waals surface area contributed by atoms with Crippen molar-refractivity contribution in [3.05, 3.63) is 53.7 Å². The van der Waals surface area contributed by atoms with Crippen LogP contribution >= 0.6 is 0 Å². The minimum Gasteiger partial charge on any atom is -0.481 e. The molecule has 0 unspecified atom stereocenters. The number of aromatic nitrogens is 1. The van der Waals surface area contributed by atoms with Crippen LogP contribution in [0.3, 0.4) is 0 Å². The number of nitriles is 1. The molecule has 1 heterocycles. The molecular weight excluding hydrogens is 379 g/mol. The van der Waals surface area contributed by atoms with Gasteiger partial charge in [-0.05, 0) is 18.2 Å². The maximum atomic E-state index is 12.3. The Labute approximate surface area is 158 Å². The number of ether oxygens (including phenoxy) is 1. The van der Waals surface area contributed by atoms with E-state index in [0.29, 0.717) is 5.82 Å². The molecule has 8 nitrogen and oxygen atoms in total. The summed E-state index contributed by atoms with van der Waals surface area (Å²) in [7, 11) is 0. The minimum atomic E-state index is -4.79. The standard InChI is InChI=1S/C15H12F3N5O.C2H4O2/c16-15(17,18)24-12-6-2-1-4-10(12)9-21-14(20)23-13-7-3-5-11(8-19)22-13;1-2(3)4/h1-7H,9H2,(H3,20,21,22,23);1H3,(H,3,4). The molecule has 4 N–H and O–H groups in total. The first-order valence-corrected chi connectivity index (χ1v) is 7.58. The van der Waals surface area contributed by atoms with Crippen LogP contribution in [0.25, 0.3) is 0 Å². The Kier molecular flexibility index (Phi) is 8.23. The number of rotatable bonds is 4. The van der Waals surface area contributed by atoms with Crippen molar-refractivity contribution in [1.29, 1.82) is 5.26 Å². The first-order chi connectivity index (χ1) is 13.1. The molecule has 1 aromatic carbocycles. The number of guanidine groups is 1. The van der Waals surface area contributed by atoms with Crippen LogP contribution in [0.1, 0.15) is 18.2 Å². The smallest absolute Gasteiger partial charge is 0.481 e. The molecule has 0 bridgehead atoms. The Morgan fingerprint density at radius 1 is 1.32 bits per heavy atom. The highest BCUT2D eigenvalue weighted by molar-refractivity contribution is 5.91. The predicted octanol–water partition coefficient (Wildman–Crippen LogP) is 2.87. The lowest BCUT2D eigenvalue weighted by Crippen LogP contribution is -2.23. The van der Waals surface area contributed by atoms with Gasteiger partial charge in [-0.3, -0.25) is 4.79 Å². The number of hydrogen-bond acceptors (Lipinski definition) is 5. The second-order valence-corrected chi connectivity index (χ2v) is 5.02. The summed E-state index contributed by atoms with van der Waals surface area (Å²) < 4.78 is 41.0. The number of nitrogens with zero attached hydrogens (tertiary/aromatic N) is 3. The number of anilines is 1. The summed E-state index contributed by atoms with van der Waals surface area (Å²) in [6.45, 7) is 0.961. The molecule has 2 rings (SSSR count). The molecule has 2 aromatic rings. The second-order valence-electron chi connectivity index (χ2n) is 5.02. The molecule has 0 saturated heterocycles. The van der Waals surface area contributed by atoms with Crippen LogP contribution in [-0.4, -0.2) is 28.4 Å². The van der Waals surface area contributed by atoms with Gasteiger partial charge < -0.3 is 20.9 Å². The van der Waals surface area contributed by atoms with Gasteiger partial charge in [-0.2, -0.15) is 5.26 Å². The molecule has 28 heavy (non-hydrogen) atoms. The van der Waals surface area contributed by atoms with Crippen LogP contribution < -0.4 is 15.8 Å². The highest BCUT2D eigenvalue weighted by Crippen LogP contribution is 2.26. The van der Waals surface area contributed by atoms with E-state index in [2.05, 4.69) is 20.0 Å². The van der Waals surface area contributed by atoms with Crippen molar-refractivity contribution in [1.82, 2.24) is 4.98 Å². The molecule has 0 fully saturated rings. The molecule has 1 aromatic heterocycles. The van der Waals surface area contributed by atoms with Crippen molar-refractivity contribution < 1.29 is 27.8 Å². The van der Waals surface area contributed by atoms with Crippen LogP contribution in [-0.2, 0) is 11.3 Å². The van der Waals surface area contributed by atoms with Gasteiger partial charge in [0.15, 0.2) is 5.96 Å². The number of alkyl halides is 3. The molecule has 11 heteroatoms. The largest absolute Gasteiger partial charge is 0.573 e. The van der Waals surface area contributed by atoms with Gasteiger partial charge in [-0.15, -0.1) is 13.2 Å². The third-order valence-corrected chi connectivity index (χ3v) is 2.74. The van der Waals surface area contributed by atoms with Crippen molar-refractivity contribution in [3.8, 4) is 11.8 Å². The summed E-state index contributed by atoms with van der Waals surface area (Å²) in [6, 6.07) is 12.2. The van der Waals surface area contributed by atoms with Crippen molar-refractivity contribution in [2.45, 2.75) is 19.8 Å². The van der Waals surface area contributed by atoms with E-state index in [1.807, 2.05) is 6.07 Å². The van der Waals surface area contributed by atoms with Crippen LogP contribution in [0.5, 0.6) is 5.75 Å². The highest BCUT2D eigenvalue weighted by atomic mass is 19.4. The normalized spacial score (nSPS) is 10.9. The minimum absolute atomic E-state index is 0.0561.